The van der Waals surface area contributed by atoms with E-state index < -0.39 is 15.9 Å². The number of carbonyl (C=O) groups is 2. The number of nitrogens with one attached hydrogen (secondary N) is 2. The summed E-state index contributed by atoms with van der Waals surface area (Å²) in [6.45, 7) is 0. The molecule has 0 saturated heterocycles. The molecule has 0 atom stereocenters. The highest BCUT2D eigenvalue weighted by atomic mass is 32.2. The predicted octanol–water partition coefficient (Wildman–Crippen LogP) is 2.53. The van der Waals surface area contributed by atoms with Crippen LogP contribution in [-0.2, 0) is 14.8 Å². The van der Waals surface area contributed by atoms with Crippen molar-refractivity contribution in [2.45, 2.75) is 38.5 Å². The average Bonchev–Trinajstić information content (AvgIpc) is 2.52. The van der Waals surface area contributed by atoms with Crippen LogP contribution in [0.2, 0.25) is 0 Å². The van der Waals surface area contributed by atoms with Crippen LogP contribution in [0.25, 0.3) is 0 Å². The third-order valence-corrected chi connectivity index (χ3v) is 6.76. The lowest BCUT2D eigenvalue weighted by Gasteiger charge is -2.55. The summed E-state index contributed by atoms with van der Waals surface area (Å²) >= 11 is 0. The van der Waals surface area contributed by atoms with Gasteiger partial charge in [-0.2, -0.15) is 0 Å². The maximum atomic E-state index is 13.0. The van der Waals surface area contributed by atoms with E-state index in [9.17, 15) is 18.0 Å². The molecular formula is C19H24N2O4S. The highest BCUT2D eigenvalue weighted by Crippen LogP contribution is 2.60. The van der Waals surface area contributed by atoms with E-state index in [1.165, 1.54) is 31.4 Å². The van der Waals surface area contributed by atoms with Crippen LogP contribution in [0.4, 0.5) is 5.69 Å². The van der Waals surface area contributed by atoms with E-state index in [1.54, 1.807) is 12.1 Å². The number of anilines is 1. The molecule has 26 heavy (non-hydrogen) atoms. The normalized spacial score (nSPS) is 32.3. The maximum absolute atomic E-state index is 13.0. The number of amides is 2. The molecule has 7 heteroatoms. The highest BCUT2D eigenvalue weighted by Gasteiger charge is 2.54. The second kappa shape index (κ2) is 6.08. The lowest BCUT2D eigenvalue weighted by Crippen LogP contribution is -2.51. The lowest BCUT2D eigenvalue weighted by molar-refractivity contribution is -0.140. The first-order chi connectivity index (χ1) is 12.2. The molecule has 2 N–H and O–H groups in total. The molecule has 0 spiro atoms. The summed E-state index contributed by atoms with van der Waals surface area (Å²) in [7, 11) is -3.60. The molecule has 5 rings (SSSR count). The van der Waals surface area contributed by atoms with Crippen molar-refractivity contribution < 1.29 is 18.0 Å². The van der Waals surface area contributed by atoms with E-state index in [4.69, 9.17) is 0 Å². The van der Waals surface area contributed by atoms with Gasteiger partial charge in [0.05, 0.1) is 11.7 Å². The largest absolute Gasteiger partial charge is 0.326 e. The molecule has 4 fully saturated rings. The van der Waals surface area contributed by atoms with Gasteiger partial charge in [0.15, 0.2) is 0 Å². The number of sulfonamides is 1. The molecule has 4 aliphatic carbocycles. The summed E-state index contributed by atoms with van der Waals surface area (Å²) in [5.41, 5.74) is 0.658. The molecular weight excluding hydrogens is 352 g/mol. The number of carbonyl (C=O) groups excluding carboxylic acids is 2. The van der Waals surface area contributed by atoms with Gasteiger partial charge in [-0.15, -0.1) is 0 Å². The molecule has 2 amide bonds. The van der Waals surface area contributed by atoms with Gasteiger partial charge in [-0.05, 0) is 80.5 Å². The molecule has 0 unspecified atom stereocenters. The van der Waals surface area contributed by atoms with Crippen LogP contribution in [-0.4, -0.2) is 26.5 Å². The van der Waals surface area contributed by atoms with Crippen molar-refractivity contribution in [3.63, 3.8) is 0 Å². The molecule has 6 nitrogen and oxygen atoms in total. The molecule has 0 heterocycles. The summed E-state index contributed by atoms with van der Waals surface area (Å²) in [6, 6.07) is 6.34. The van der Waals surface area contributed by atoms with E-state index in [1.807, 2.05) is 4.72 Å². The lowest BCUT2D eigenvalue weighted by atomic mass is 9.49. The van der Waals surface area contributed by atoms with E-state index >= 15 is 0 Å². The maximum Gasteiger partial charge on any atom is 0.264 e. The van der Waals surface area contributed by atoms with Gasteiger partial charge < -0.3 is 5.32 Å². The Kier molecular flexibility index (Phi) is 4.10. The average molecular weight is 376 g/mol. The fraction of sp³-hybridized carbons (Fsp3) is 0.579. The number of hydrogen-bond acceptors (Lipinski definition) is 4. The predicted molar refractivity (Wildman–Crippen MR) is 98.0 cm³/mol. The zero-order valence-electron chi connectivity index (χ0n) is 14.8. The van der Waals surface area contributed by atoms with Gasteiger partial charge in [-0.3, -0.25) is 9.59 Å². The fourth-order valence-corrected chi connectivity index (χ4v) is 6.04. The minimum absolute atomic E-state index is 0.102. The van der Waals surface area contributed by atoms with Gasteiger partial charge in [-0.25, -0.2) is 13.1 Å². The summed E-state index contributed by atoms with van der Waals surface area (Å²) in [4.78, 5) is 24.8. The zero-order valence-corrected chi connectivity index (χ0v) is 15.6. The topological polar surface area (TPSA) is 92.3 Å². The van der Waals surface area contributed by atoms with Gasteiger partial charge >= 0.3 is 0 Å². The first-order valence-corrected chi connectivity index (χ1v) is 11.1. The molecule has 4 aliphatic rings. The third kappa shape index (κ3) is 3.37. The van der Waals surface area contributed by atoms with Gasteiger partial charge in [0, 0.05) is 11.3 Å². The fourth-order valence-electron chi connectivity index (χ4n) is 5.58. The minimum Gasteiger partial charge on any atom is -0.326 e. The molecule has 1 aromatic carbocycles. The van der Waals surface area contributed by atoms with E-state index in [2.05, 4.69) is 5.32 Å². The van der Waals surface area contributed by atoms with E-state index in [0.717, 1.165) is 25.5 Å². The molecule has 0 aliphatic heterocycles. The van der Waals surface area contributed by atoms with Crippen LogP contribution in [0, 0.1) is 23.2 Å². The quantitative estimate of drug-likeness (QED) is 0.845. The summed E-state index contributed by atoms with van der Waals surface area (Å²) in [5, 5.41) is 3.02. The van der Waals surface area contributed by atoms with Gasteiger partial charge in [0.1, 0.15) is 0 Å². The standard InChI is InChI=1S/C19H24N2O4S/c1-26(24,25)21-17(22)15-2-4-16(5-3-15)20-18(23)19-9-12-6-13(10-19)8-14(7-12)11-19/h2-5,12-14H,6-11H2,1H3,(H,20,23)(H,21,22). The number of benzene rings is 1. The Morgan fingerprint density at radius 3 is 1.92 bits per heavy atom. The van der Waals surface area contributed by atoms with Crippen molar-refractivity contribution >= 4 is 27.5 Å². The Balaban J connectivity index is 1.44. The smallest absolute Gasteiger partial charge is 0.264 e. The third-order valence-electron chi connectivity index (χ3n) is 6.20. The van der Waals surface area contributed by atoms with Crippen molar-refractivity contribution in [1.29, 1.82) is 0 Å². The van der Waals surface area contributed by atoms with Gasteiger partial charge in [0.25, 0.3) is 5.91 Å². The Bertz CT molecular complexity index is 810. The molecule has 1 aromatic rings. The second-order valence-electron chi connectivity index (χ2n) is 8.43. The molecule has 0 aromatic heterocycles. The van der Waals surface area contributed by atoms with Crippen LogP contribution in [0.3, 0.4) is 0 Å². The summed E-state index contributed by atoms with van der Waals surface area (Å²) < 4.78 is 24.2. The minimum atomic E-state index is -3.60. The van der Waals surface area contributed by atoms with Gasteiger partial charge in [-0.1, -0.05) is 0 Å². The number of rotatable bonds is 4. The molecule has 0 radical (unpaired) electrons. The summed E-state index contributed by atoms with van der Waals surface area (Å²) in [6.07, 6.45) is 7.80. The first-order valence-electron chi connectivity index (χ1n) is 9.16. The first kappa shape index (κ1) is 17.5. The van der Waals surface area contributed by atoms with Crippen LogP contribution < -0.4 is 10.0 Å². The van der Waals surface area contributed by atoms with Crippen molar-refractivity contribution in [1.82, 2.24) is 4.72 Å². The summed E-state index contributed by atoms with van der Waals surface area (Å²) in [5.74, 6) is 1.54. The Hall–Kier alpha value is -1.89. The van der Waals surface area contributed by atoms with Crippen LogP contribution in [0.15, 0.2) is 24.3 Å². The van der Waals surface area contributed by atoms with Crippen molar-refractivity contribution in [3.8, 4) is 0 Å². The zero-order chi connectivity index (χ0) is 18.5. The van der Waals surface area contributed by atoms with E-state index in [0.29, 0.717) is 23.4 Å². The van der Waals surface area contributed by atoms with Crippen molar-refractivity contribution in [3.05, 3.63) is 29.8 Å². The Morgan fingerprint density at radius 1 is 0.962 bits per heavy atom. The molecule has 4 bridgehead atoms. The van der Waals surface area contributed by atoms with Crippen molar-refractivity contribution in [2.75, 3.05) is 11.6 Å². The van der Waals surface area contributed by atoms with Crippen molar-refractivity contribution in [2.24, 2.45) is 23.2 Å². The molecule has 140 valence electrons. The van der Waals surface area contributed by atoms with Gasteiger partial charge in [0.2, 0.25) is 15.9 Å². The van der Waals surface area contributed by atoms with Crippen LogP contribution >= 0.6 is 0 Å². The Morgan fingerprint density at radius 2 is 1.46 bits per heavy atom. The monoisotopic (exact) mass is 376 g/mol. The van der Waals surface area contributed by atoms with Crippen LogP contribution in [0.1, 0.15) is 48.9 Å². The molecule has 4 saturated carbocycles. The Labute approximate surface area is 153 Å². The number of hydrogen-bond donors (Lipinski definition) is 2. The van der Waals surface area contributed by atoms with Crippen LogP contribution in [0.5, 0.6) is 0 Å². The second-order valence-corrected chi connectivity index (χ2v) is 10.2. The highest BCUT2D eigenvalue weighted by molar-refractivity contribution is 7.89. The SMILES string of the molecule is CS(=O)(=O)NC(=O)c1ccc(NC(=O)C23CC4CC(CC(C4)C2)C3)cc1. The van der Waals surface area contributed by atoms with E-state index in [-0.39, 0.29) is 16.9 Å².